The molecule has 0 spiro atoms. The Morgan fingerprint density at radius 3 is 2.41 bits per heavy atom. The number of rotatable bonds is 3. The Morgan fingerprint density at radius 2 is 1.75 bits per heavy atom. The second-order valence-corrected chi connectivity index (χ2v) is 9.49. The highest BCUT2D eigenvalue weighted by Gasteiger charge is 2.52. The number of aromatic amines is 1. The standard InChI is InChI=1S/C24H23F3N2O3/c1-22(2,3)18-10-13-4-6-15(19(20(13)29-18)24(25,26)27)28-21(30)23(8-9-23)14-5-7-16-17(11-14)32-12-31-16/h4-7,10-11,29H,8-9,12H2,1-3H3,(H,28,30). The van der Waals surface area contributed by atoms with Crippen LogP contribution in [0.25, 0.3) is 10.9 Å². The first-order valence-electron chi connectivity index (χ1n) is 10.4. The van der Waals surface area contributed by atoms with Crippen molar-refractivity contribution in [3.8, 4) is 11.5 Å². The molecule has 2 aliphatic rings. The van der Waals surface area contributed by atoms with Crippen molar-refractivity contribution in [3.63, 3.8) is 0 Å². The van der Waals surface area contributed by atoms with Crippen molar-refractivity contribution in [2.75, 3.05) is 12.1 Å². The number of nitrogens with one attached hydrogen (secondary N) is 2. The van der Waals surface area contributed by atoms with E-state index in [1.54, 1.807) is 30.3 Å². The van der Waals surface area contributed by atoms with Crippen LogP contribution in [0.3, 0.4) is 0 Å². The lowest BCUT2D eigenvalue weighted by Gasteiger charge is -2.20. The van der Waals surface area contributed by atoms with Crippen LogP contribution in [0.2, 0.25) is 0 Å². The minimum Gasteiger partial charge on any atom is -0.454 e. The minimum absolute atomic E-state index is 0.0202. The molecule has 0 unspecified atom stereocenters. The number of fused-ring (bicyclic) bond motifs is 2. The molecule has 1 aliphatic carbocycles. The van der Waals surface area contributed by atoms with E-state index in [2.05, 4.69) is 10.3 Å². The molecule has 1 fully saturated rings. The van der Waals surface area contributed by atoms with Gasteiger partial charge in [0.25, 0.3) is 0 Å². The summed E-state index contributed by atoms with van der Waals surface area (Å²) >= 11 is 0. The molecule has 32 heavy (non-hydrogen) atoms. The molecule has 1 saturated carbocycles. The number of ether oxygens (including phenoxy) is 2. The molecule has 2 N–H and O–H groups in total. The first kappa shape index (κ1) is 20.7. The van der Waals surface area contributed by atoms with Crippen LogP contribution in [0.1, 0.15) is 50.4 Å². The summed E-state index contributed by atoms with van der Waals surface area (Å²) in [7, 11) is 0. The van der Waals surface area contributed by atoms with Gasteiger partial charge in [-0.3, -0.25) is 4.79 Å². The smallest absolute Gasteiger partial charge is 0.420 e. The van der Waals surface area contributed by atoms with Crippen LogP contribution >= 0.6 is 0 Å². The van der Waals surface area contributed by atoms with Crippen molar-refractivity contribution >= 4 is 22.5 Å². The second-order valence-electron chi connectivity index (χ2n) is 9.49. The van der Waals surface area contributed by atoms with E-state index in [0.29, 0.717) is 41.0 Å². The van der Waals surface area contributed by atoms with Gasteiger partial charge in [-0.15, -0.1) is 0 Å². The highest BCUT2D eigenvalue weighted by atomic mass is 19.4. The second kappa shape index (κ2) is 6.67. The lowest BCUT2D eigenvalue weighted by Crippen LogP contribution is -2.29. The number of carbonyl (C=O) groups excluding carboxylic acids is 1. The van der Waals surface area contributed by atoms with E-state index < -0.39 is 23.1 Å². The molecule has 2 heterocycles. The normalized spacial score (nSPS) is 16.9. The van der Waals surface area contributed by atoms with Crippen LogP contribution in [0.15, 0.2) is 36.4 Å². The van der Waals surface area contributed by atoms with Gasteiger partial charge in [0.2, 0.25) is 12.7 Å². The Bertz CT molecular complexity index is 1230. The van der Waals surface area contributed by atoms with Gasteiger partial charge in [0, 0.05) is 16.5 Å². The molecule has 1 aromatic heterocycles. The van der Waals surface area contributed by atoms with Crippen molar-refractivity contribution in [3.05, 3.63) is 53.2 Å². The molecule has 0 bridgehead atoms. The van der Waals surface area contributed by atoms with Gasteiger partial charge < -0.3 is 19.8 Å². The van der Waals surface area contributed by atoms with Crippen LogP contribution in [-0.2, 0) is 21.8 Å². The molecule has 0 atom stereocenters. The zero-order valence-corrected chi connectivity index (χ0v) is 17.9. The molecule has 5 nitrogen and oxygen atoms in total. The van der Waals surface area contributed by atoms with Gasteiger partial charge in [-0.25, -0.2) is 0 Å². The average Bonchev–Trinajstić information content (AvgIpc) is 3.17. The Kier molecular flexibility index (Phi) is 4.32. The number of alkyl halides is 3. The molecule has 2 aromatic carbocycles. The summed E-state index contributed by atoms with van der Waals surface area (Å²) < 4.78 is 53.1. The maximum atomic E-state index is 14.1. The Balaban J connectivity index is 1.53. The summed E-state index contributed by atoms with van der Waals surface area (Å²) in [6.45, 7) is 5.89. The first-order chi connectivity index (χ1) is 15.0. The fourth-order valence-electron chi connectivity index (χ4n) is 4.21. The van der Waals surface area contributed by atoms with Gasteiger partial charge in [-0.05, 0) is 42.7 Å². The van der Waals surface area contributed by atoms with Crippen molar-refractivity contribution in [2.45, 2.75) is 50.6 Å². The first-order valence-corrected chi connectivity index (χ1v) is 10.4. The van der Waals surface area contributed by atoms with E-state index in [0.717, 1.165) is 0 Å². The van der Waals surface area contributed by atoms with Crippen LogP contribution in [-0.4, -0.2) is 17.7 Å². The third-order valence-electron chi connectivity index (χ3n) is 6.25. The molecule has 3 aromatic rings. The van der Waals surface area contributed by atoms with E-state index in [1.807, 2.05) is 20.8 Å². The minimum atomic E-state index is -4.64. The van der Waals surface area contributed by atoms with Crippen LogP contribution in [0.5, 0.6) is 11.5 Å². The van der Waals surface area contributed by atoms with Crippen LogP contribution in [0.4, 0.5) is 18.9 Å². The van der Waals surface area contributed by atoms with Crippen molar-refractivity contribution in [1.29, 1.82) is 0 Å². The molecule has 8 heteroatoms. The Labute approximate surface area is 182 Å². The highest BCUT2D eigenvalue weighted by Crippen LogP contribution is 2.51. The predicted octanol–water partition coefficient (Wildman–Crippen LogP) is 5.88. The number of carbonyl (C=O) groups is 1. The fraction of sp³-hybridized carbons (Fsp3) is 0.375. The fourth-order valence-corrected chi connectivity index (χ4v) is 4.21. The van der Waals surface area contributed by atoms with E-state index in [1.165, 1.54) is 6.07 Å². The van der Waals surface area contributed by atoms with Gasteiger partial charge in [-0.1, -0.05) is 32.9 Å². The summed E-state index contributed by atoms with van der Waals surface area (Å²) in [5.41, 5.74) is -0.935. The average molecular weight is 444 g/mol. The quantitative estimate of drug-likeness (QED) is 0.530. The van der Waals surface area contributed by atoms with Crippen molar-refractivity contribution in [2.24, 2.45) is 0 Å². The third kappa shape index (κ3) is 3.29. The molecule has 0 radical (unpaired) electrons. The van der Waals surface area contributed by atoms with Crippen LogP contribution < -0.4 is 14.8 Å². The molecule has 168 valence electrons. The summed E-state index contributed by atoms with van der Waals surface area (Å²) in [5.74, 6) is 0.681. The predicted molar refractivity (Wildman–Crippen MR) is 114 cm³/mol. The van der Waals surface area contributed by atoms with Gasteiger partial charge in [0.15, 0.2) is 11.5 Å². The topological polar surface area (TPSA) is 63.4 Å². The Hall–Kier alpha value is -3.16. The summed E-state index contributed by atoms with van der Waals surface area (Å²) in [6.07, 6.45) is -3.53. The van der Waals surface area contributed by atoms with E-state index in [9.17, 15) is 18.0 Å². The van der Waals surface area contributed by atoms with Gasteiger partial charge in [0.1, 0.15) is 5.56 Å². The molecular formula is C24H23F3N2O3. The maximum Gasteiger partial charge on any atom is 0.420 e. The number of H-pyrrole nitrogens is 1. The largest absolute Gasteiger partial charge is 0.454 e. The number of anilines is 1. The number of benzene rings is 2. The summed E-state index contributed by atoms with van der Waals surface area (Å²) in [5, 5.41) is 3.03. The van der Waals surface area contributed by atoms with E-state index in [-0.39, 0.29) is 23.4 Å². The lowest BCUT2D eigenvalue weighted by molar-refractivity contribution is -0.135. The van der Waals surface area contributed by atoms with Crippen molar-refractivity contribution < 1.29 is 27.4 Å². The number of hydrogen-bond acceptors (Lipinski definition) is 3. The van der Waals surface area contributed by atoms with Gasteiger partial charge >= 0.3 is 6.18 Å². The molecule has 1 amide bonds. The van der Waals surface area contributed by atoms with E-state index in [4.69, 9.17) is 9.47 Å². The SMILES string of the molecule is CC(C)(C)c1cc2ccc(NC(=O)C3(c4ccc5c(c4)OCO5)CC3)c(C(F)(F)F)c2[nH]1. The third-order valence-corrected chi connectivity index (χ3v) is 6.25. The van der Waals surface area contributed by atoms with Gasteiger partial charge in [0.05, 0.1) is 16.6 Å². The molecule has 0 saturated heterocycles. The highest BCUT2D eigenvalue weighted by molar-refractivity contribution is 6.04. The lowest BCUT2D eigenvalue weighted by atomic mass is 9.92. The maximum absolute atomic E-state index is 14.1. The number of amides is 1. The monoisotopic (exact) mass is 444 g/mol. The zero-order chi connectivity index (χ0) is 22.9. The molecule has 1 aliphatic heterocycles. The Morgan fingerprint density at radius 1 is 1.03 bits per heavy atom. The van der Waals surface area contributed by atoms with Crippen molar-refractivity contribution in [1.82, 2.24) is 4.98 Å². The number of hydrogen-bond donors (Lipinski definition) is 2. The number of aromatic nitrogens is 1. The van der Waals surface area contributed by atoms with E-state index >= 15 is 0 Å². The molecular weight excluding hydrogens is 421 g/mol. The van der Waals surface area contributed by atoms with Crippen LogP contribution in [0, 0.1) is 0 Å². The zero-order valence-electron chi connectivity index (χ0n) is 17.9. The summed E-state index contributed by atoms with van der Waals surface area (Å²) in [6, 6.07) is 9.90. The summed E-state index contributed by atoms with van der Waals surface area (Å²) in [4.78, 5) is 16.2. The number of halogens is 3. The molecule has 5 rings (SSSR count). The van der Waals surface area contributed by atoms with Gasteiger partial charge in [-0.2, -0.15) is 13.2 Å².